The highest BCUT2D eigenvalue weighted by Gasteiger charge is 2.27. The number of pyridine rings is 1. The van der Waals surface area contributed by atoms with Gasteiger partial charge in [-0.25, -0.2) is 0 Å². The molecule has 1 saturated heterocycles. The van der Waals surface area contributed by atoms with Crippen molar-refractivity contribution in [3.05, 3.63) is 30.1 Å². The molecular weight excluding hydrogens is 344 g/mol. The maximum atomic E-state index is 12.3. The molecule has 0 aliphatic carbocycles. The van der Waals surface area contributed by atoms with E-state index in [4.69, 9.17) is 5.11 Å². The number of aliphatic carboxylic acids is 1. The number of carboxylic acids is 1. The van der Waals surface area contributed by atoms with E-state index in [1.165, 1.54) is 0 Å². The van der Waals surface area contributed by atoms with Crippen LogP contribution in [0.3, 0.4) is 0 Å². The molecule has 1 fully saturated rings. The third kappa shape index (κ3) is 8.08. The number of aliphatic hydroxyl groups is 1. The Morgan fingerprint density at radius 1 is 1.26 bits per heavy atom. The molecule has 1 aromatic rings. The second-order valence-corrected chi connectivity index (χ2v) is 7.45. The molecule has 6 nitrogen and oxygen atoms in total. The van der Waals surface area contributed by atoms with Gasteiger partial charge < -0.3 is 15.1 Å². The first-order valence-electron chi connectivity index (χ1n) is 10.2. The summed E-state index contributed by atoms with van der Waals surface area (Å²) in [5.41, 5.74) is 0.892. The van der Waals surface area contributed by atoms with Gasteiger partial charge in [-0.2, -0.15) is 0 Å². The van der Waals surface area contributed by atoms with E-state index >= 15 is 0 Å². The normalized spacial score (nSPS) is 18.5. The van der Waals surface area contributed by atoms with Gasteiger partial charge in [-0.3, -0.25) is 14.6 Å². The minimum absolute atomic E-state index is 0.212. The summed E-state index contributed by atoms with van der Waals surface area (Å²) in [5, 5.41) is 19.0. The highest BCUT2D eigenvalue weighted by Crippen LogP contribution is 2.24. The fraction of sp³-hybridized carbons (Fsp3) is 0.667. The van der Waals surface area contributed by atoms with Crippen molar-refractivity contribution in [3.8, 4) is 0 Å². The first-order chi connectivity index (χ1) is 13.1. The van der Waals surface area contributed by atoms with Gasteiger partial charge >= 0.3 is 5.97 Å². The molecule has 27 heavy (non-hydrogen) atoms. The summed E-state index contributed by atoms with van der Waals surface area (Å²) < 4.78 is 0. The van der Waals surface area contributed by atoms with Crippen molar-refractivity contribution in [1.82, 2.24) is 9.88 Å². The Balaban J connectivity index is 1.72. The molecule has 0 saturated carbocycles. The number of amides is 1. The van der Waals surface area contributed by atoms with E-state index in [0.717, 1.165) is 50.8 Å². The molecule has 2 rings (SSSR count). The van der Waals surface area contributed by atoms with Crippen LogP contribution < -0.4 is 0 Å². The fourth-order valence-corrected chi connectivity index (χ4v) is 3.76. The molecule has 1 aromatic heterocycles. The molecule has 0 bridgehead atoms. The molecule has 2 atom stereocenters. The summed E-state index contributed by atoms with van der Waals surface area (Å²) in [6.07, 6.45) is 9.56. The van der Waals surface area contributed by atoms with Crippen molar-refractivity contribution in [3.63, 3.8) is 0 Å². The summed E-state index contributed by atoms with van der Waals surface area (Å²) in [4.78, 5) is 29.1. The van der Waals surface area contributed by atoms with Gasteiger partial charge in [-0.05, 0) is 50.7 Å². The van der Waals surface area contributed by atoms with Crippen molar-refractivity contribution in [2.24, 2.45) is 0 Å². The van der Waals surface area contributed by atoms with Gasteiger partial charge in [0.2, 0.25) is 5.91 Å². The first kappa shape index (κ1) is 21.4. The van der Waals surface area contributed by atoms with Gasteiger partial charge in [0.15, 0.2) is 0 Å². The predicted octanol–water partition coefficient (Wildman–Crippen LogP) is 3.18. The van der Waals surface area contributed by atoms with E-state index in [2.05, 4.69) is 4.98 Å². The highest BCUT2D eigenvalue weighted by atomic mass is 16.4. The smallest absolute Gasteiger partial charge is 0.303 e. The van der Waals surface area contributed by atoms with Crippen LogP contribution in [0, 0.1) is 0 Å². The third-order valence-corrected chi connectivity index (χ3v) is 5.23. The Hall–Kier alpha value is -1.95. The highest BCUT2D eigenvalue weighted by molar-refractivity contribution is 5.77. The van der Waals surface area contributed by atoms with Gasteiger partial charge in [0, 0.05) is 43.7 Å². The number of aliphatic hydroxyl groups excluding tert-OH is 1. The molecule has 6 heteroatoms. The lowest BCUT2D eigenvalue weighted by atomic mass is 9.94. The number of unbranched alkanes of at least 4 members (excludes halogenated alkanes) is 3. The fourth-order valence-electron chi connectivity index (χ4n) is 3.76. The van der Waals surface area contributed by atoms with Crippen LogP contribution in [0.25, 0.3) is 0 Å². The minimum atomic E-state index is -0.745. The summed E-state index contributed by atoms with van der Waals surface area (Å²) in [5.74, 6) is -0.526. The Bertz CT molecular complexity index is 579. The van der Waals surface area contributed by atoms with Gasteiger partial charge in [0.1, 0.15) is 0 Å². The average molecular weight is 376 g/mol. The maximum absolute atomic E-state index is 12.3. The lowest BCUT2D eigenvalue weighted by Crippen LogP contribution is -2.44. The Morgan fingerprint density at radius 3 is 2.81 bits per heavy atom. The van der Waals surface area contributed by atoms with Crippen LogP contribution in [0.15, 0.2) is 24.4 Å². The number of carbonyl (C=O) groups excluding carboxylic acids is 1. The monoisotopic (exact) mass is 376 g/mol. The zero-order chi connectivity index (χ0) is 19.5. The second-order valence-electron chi connectivity index (χ2n) is 7.45. The summed E-state index contributed by atoms with van der Waals surface area (Å²) in [6, 6.07) is 5.92. The average Bonchev–Trinajstić information content (AvgIpc) is 2.65. The molecule has 0 spiro atoms. The van der Waals surface area contributed by atoms with Gasteiger partial charge in [-0.1, -0.05) is 18.9 Å². The number of carbonyl (C=O) groups is 2. The molecule has 1 unspecified atom stereocenters. The topological polar surface area (TPSA) is 90.7 Å². The van der Waals surface area contributed by atoms with Crippen LogP contribution in [-0.2, 0) is 16.0 Å². The number of hydrogen-bond acceptors (Lipinski definition) is 4. The zero-order valence-electron chi connectivity index (χ0n) is 16.1. The second kappa shape index (κ2) is 11.7. The molecule has 1 aliphatic heterocycles. The Morgan fingerprint density at radius 2 is 2.07 bits per heavy atom. The van der Waals surface area contributed by atoms with Gasteiger partial charge in [-0.15, -0.1) is 0 Å². The van der Waals surface area contributed by atoms with E-state index in [9.17, 15) is 14.7 Å². The van der Waals surface area contributed by atoms with E-state index in [1.54, 1.807) is 6.20 Å². The summed E-state index contributed by atoms with van der Waals surface area (Å²) >= 11 is 0. The molecule has 150 valence electrons. The maximum Gasteiger partial charge on any atom is 0.303 e. The molecule has 2 N–H and O–H groups in total. The van der Waals surface area contributed by atoms with Crippen LogP contribution >= 0.6 is 0 Å². The first-order valence-corrected chi connectivity index (χ1v) is 10.2. The SMILES string of the molecule is O=C(O)CCCCCCN1C(=O)CCC[C@@H]1CCC(O)Cc1ccccn1. The van der Waals surface area contributed by atoms with Crippen LogP contribution in [0.1, 0.15) is 69.9 Å². The van der Waals surface area contributed by atoms with Crippen LogP contribution in [-0.4, -0.2) is 50.7 Å². The van der Waals surface area contributed by atoms with Gasteiger partial charge in [0.05, 0.1) is 6.10 Å². The molecule has 1 amide bonds. The van der Waals surface area contributed by atoms with Crippen LogP contribution in [0.4, 0.5) is 0 Å². The number of piperidine rings is 1. The molecule has 1 aliphatic rings. The van der Waals surface area contributed by atoms with E-state index in [-0.39, 0.29) is 18.4 Å². The number of carboxylic acid groups (broad SMARTS) is 1. The molecular formula is C21H32N2O4. The Kier molecular flexibility index (Phi) is 9.25. The predicted molar refractivity (Wildman–Crippen MR) is 103 cm³/mol. The number of likely N-dealkylation sites (tertiary alicyclic amines) is 1. The number of nitrogens with zero attached hydrogens (tertiary/aromatic N) is 2. The lowest BCUT2D eigenvalue weighted by molar-refractivity contribution is -0.137. The van der Waals surface area contributed by atoms with Crippen molar-refractivity contribution >= 4 is 11.9 Å². The summed E-state index contributed by atoms with van der Waals surface area (Å²) in [7, 11) is 0. The van der Waals surface area contributed by atoms with E-state index in [0.29, 0.717) is 25.7 Å². The standard InChI is InChI=1S/C21H32N2O4/c24-19(16-17-8-4-5-14-22-17)13-12-18-9-7-10-20(25)23(18)15-6-2-1-3-11-21(26)27/h4-5,8,14,18-19,24H,1-3,6-7,9-13,15-16H2,(H,26,27)/t18-,19?/m1/s1. The van der Waals surface area contributed by atoms with Crippen LogP contribution in [0.5, 0.6) is 0 Å². The van der Waals surface area contributed by atoms with E-state index in [1.807, 2.05) is 23.1 Å². The van der Waals surface area contributed by atoms with Gasteiger partial charge in [0.25, 0.3) is 0 Å². The lowest BCUT2D eigenvalue weighted by Gasteiger charge is -2.36. The Labute approximate surface area is 161 Å². The summed E-state index contributed by atoms with van der Waals surface area (Å²) in [6.45, 7) is 0.743. The van der Waals surface area contributed by atoms with Crippen molar-refractivity contribution < 1.29 is 19.8 Å². The van der Waals surface area contributed by atoms with Crippen molar-refractivity contribution in [1.29, 1.82) is 0 Å². The number of aromatic nitrogens is 1. The minimum Gasteiger partial charge on any atom is -0.481 e. The largest absolute Gasteiger partial charge is 0.481 e. The van der Waals surface area contributed by atoms with Crippen LogP contribution in [0.2, 0.25) is 0 Å². The van der Waals surface area contributed by atoms with Crippen molar-refractivity contribution in [2.75, 3.05) is 6.54 Å². The number of hydrogen-bond donors (Lipinski definition) is 2. The zero-order valence-corrected chi connectivity index (χ0v) is 16.1. The van der Waals surface area contributed by atoms with E-state index < -0.39 is 12.1 Å². The van der Waals surface area contributed by atoms with Crippen molar-refractivity contribution in [2.45, 2.75) is 82.8 Å². The number of rotatable bonds is 12. The molecule has 0 aromatic carbocycles. The quantitative estimate of drug-likeness (QED) is 0.547. The third-order valence-electron chi connectivity index (χ3n) is 5.23. The molecule has 0 radical (unpaired) electrons. The molecule has 2 heterocycles.